The van der Waals surface area contributed by atoms with Crippen LogP contribution in [0.2, 0.25) is 0 Å². The number of amides is 1. The first kappa shape index (κ1) is 28.0. The number of H-pyrrole nitrogens is 1. The molecular formula is C31H35N6O4+. The first-order chi connectivity index (χ1) is 19.7. The summed E-state index contributed by atoms with van der Waals surface area (Å²) in [6, 6.07) is 17.2. The number of methoxy groups -OCH3 is 1. The van der Waals surface area contributed by atoms with Gasteiger partial charge in [-0.3, -0.25) is 9.28 Å². The minimum atomic E-state index is -0.266. The van der Waals surface area contributed by atoms with Crippen molar-refractivity contribution in [2.75, 3.05) is 34.4 Å². The van der Waals surface area contributed by atoms with Crippen LogP contribution in [-0.4, -0.2) is 64.3 Å². The predicted molar refractivity (Wildman–Crippen MR) is 159 cm³/mol. The topological polar surface area (TPSA) is 125 Å². The molecular weight excluding hydrogens is 520 g/mol. The van der Waals surface area contributed by atoms with Gasteiger partial charge in [0.25, 0.3) is 5.56 Å². The van der Waals surface area contributed by atoms with E-state index in [4.69, 9.17) is 20.2 Å². The molecule has 2 aromatic heterocycles. The number of aromatic nitrogens is 4. The van der Waals surface area contributed by atoms with E-state index in [-0.39, 0.29) is 22.5 Å². The van der Waals surface area contributed by atoms with Crippen LogP contribution in [0.15, 0.2) is 65.7 Å². The minimum absolute atomic E-state index is 0.0414. The number of nitrogens with zero attached hydrogens (tertiary/aromatic N) is 4. The molecule has 212 valence electrons. The van der Waals surface area contributed by atoms with Crippen LogP contribution in [0.25, 0.3) is 33.3 Å². The van der Waals surface area contributed by atoms with E-state index in [9.17, 15) is 9.59 Å². The van der Waals surface area contributed by atoms with Crippen molar-refractivity contribution in [1.29, 1.82) is 0 Å². The third-order valence-corrected chi connectivity index (χ3v) is 7.17. The zero-order valence-corrected chi connectivity index (χ0v) is 23.8. The van der Waals surface area contributed by atoms with Crippen LogP contribution in [0.4, 0.5) is 0 Å². The minimum Gasteiger partial charge on any atom is -0.496 e. The molecule has 10 heteroatoms. The molecule has 5 rings (SSSR count). The number of benzene rings is 3. The third kappa shape index (κ3) is 5.70. The summed E-state index contributed by atoms with van der Waals surface area (Å²) < 4.78 is 13.6. The maximum Gasteiger partial charge on any atom is 0.327 e. The number of carbonyl (C=O) groups excluding carboxylic acids is 1. The highest BCUT2D eigenvalue weighted by Gasteiger charge is 2.26. The second kappa shape index (κ2) is 11.5. The molecule has 5 aromatic rings. The Labute approximate surface area is 237 Å². The van der Waals surface area contributed by atoms with Gasteiger partial charge in [0.2, 0.25) is 0 Å². The van der Waals surface area contributed by atoms with Gasteiger partial charge in [0.15, 0.2) is 0 Å². The largest absolute Gasteiger partial charge is 0.496 e. The number of nitrogens with two attached hydrogens (primary N) is 1. The molecule has 0 spiro atoms. The normalized spacial score (nSPS) is 11.7. The number of para-hydroxylation sites is 1. The summed E-state index contributed by atoms with van der Waals surface area (Å²) in [6.45, 7) is 3.48. The average molecular weight is 556 g/mol. The lowest BCUT2D eigenvalue weighted by atomic mass is 10.1. The SMILES string of the molecule is CCCOc1ccc(C[N+](C)(C)C(=O)CN)cc1-c1nc2cc3ncn(Cc4ccccc4OC)c3cc2c(=O)[nH]1. The predicted octanol–water partition coefficient (Wildman–Crippen LogP) is 3.85. The van der Waals surface area contributed by atoms with Gasteiger partial charge in [-0.05, 0) is 42.8 Å². The summed E-state index contributed by atoms with van der Waals surface area (Å²) in [5.41, 5.74) is 9.99. The summed E-state index contributed by atoms with van der Waals surface area (Å²) in [5, 5.41) is 0.460. The second-order valence-electron chi connectivity index (χ2n) is 10.6. The number of quaternary nitrogens is 1. The lowest BCUT2D eigenvalue weighted by Crippen LogP contribution is -2.48. The molecule has 0 aliphatic heterocycles. The van der Waals surface area contributed by atoms with E-state index in [1.807, 2.05) is 80.2 Å². The number of likely N-dealkylation sites (N-methyl/N-ethyl adjacent to an activating group) is 1. The number of hydrogen-bond acceptors (Lipinski definition) is 7. The number of hydrogen-bond donors (Lipinski definition) is 2. The van der Waals surface area contributed by atoms with E-state index in [0.717, 1.165) is 34.3 Å². The summed E-state index contributed by atoms with van der Waals surface area (Å²) >= 11 is 0. The van der Waals surface area contributed by atoms with Crippen LogP contribution in [-0.2, 0) is 17.9 Å². The zero-order valence-electron chi connectivity index (χ0n) is 23.8. The Morgan fingerprint density at radius 3 is 2.63 bits per heavy atom. The van der Waals surface area contributed by atoms with Gasteiger partial charge < -0.3 is 24.8 Å². The van der Waals surface area contributed by atoms with Gasteiger partial charge in [-0.1, -0.05) is 25.1 Å². The maximum atomic E-state index is 13.4. The Hall–Kier alpha value is -4.54. The van der Waals surface area contributed by atoms with Crippen LogP contribution in [0.5, 0.6) is 11.5 Å². The third-order valence-electron chi connectivity index (χ3n) is 7.17. The molecule has 0 aliphatic rings. The number of fused-ring (bicyclic) bond motifs is 2. The molecule has 0 fully saturated rings. The van der Waals surface area contributed by atoms with Gasteiger partial charge in [0.05, 0.1) is 68.2 Å². The molecule has 0 atom stereocenters. The molecule has 0 saturated heterocycles. The smallest absolute Gasteiger partial charge is 0.327 e. The van der Waals surface area contributed by atoms with E-state index in [1.54, 1.807) is 13.4 Å². The van der Waals surface area contributed by atoms with Crippen molar-refractivity contribution >= 4 is 27.8 Å². The molecule has 3 N–H and O–H groups in total. The maximum absolute atomic E-state index is 13.4. The van der Waals surface area contributed by atoms with Crippen molar-refractivity contribution in [3.8, 4) is 22.9 Å². The van der Waals surface area contributed by atoms with Gasteiger partial charge in [-0.2, -0.15) is 0 Å². The van der Waals surface area contributed by atoms with Crippen molar-refractivity contribution in [3.63, 3.8) is 0 Å². The van der Waals surface area contributed by atoms with Gasteiger partial charge in [0.1, 0.15) is 30.4 Å². The van der Waals surface area contributed by atoms with E-state index < -0.39 is 0 Å². The lowest BCUT2D eigenvalue weighted by Gasteiger charge is -2.26. The van der Waals surface area contributed by atoms with E-state index in [0.29, 0.717) is 47.7 Å². The zero-order chi connectivity index (χ0) is 29.1. The van der Waals surface area contributed by atoms with Gasteiger partial charge in [-0.15, -0.1) is 0 Å². The second-order valence-corrected chi connectivity index (χ2v) is 10.6. The molecule has 0 saturated carbocycles. The molecule has 0 aliphatic carbocycles. The fourth-order valence-corrected chi connectivity index (χ4v) is 4.95. The molecule has 0 radical (unpaired) electrons. The highest BCUT2D eigenvalue weighted by Crippen LogP contribution is 2.31. The summed E-state index contributed by atoms with van der Waals surface area (Å²) in [7, 11) is 5.30. The number of carbonyl (C=O) groups is 1. The molecule has 0 unspecified atom stereocenters. The standard InChI is InChI=1S/C31H34N6O4/c1-5-12-41-28-11-10-20(18-37(2,3)29(38)16-32)13-23(28)30-34-24-15-25-26(14-22(24)31(39)35-30)36(19-33-25)17-21-8-6-7-9-27(21)40-4/h6-11,13-15,19H,5,12,16-18,32H2,1-4H3/p+1. The number of imidazole rings is 1. The quantitative estimate of drug-likeness (QED) is 0.251. The molecule has 41 heavy (non-hydrogen) atoms. The fourth-order valence-electron chi connectivity index (χ4n) is 4.95. The Balaban J connectivity index is 1.57. The van der Waals surface area contributed by atoms with E-state index in [2.05, 4.69) is 9.97 Å². The Kier molecular flexibility index (Phi) is 7.87. The van der Waals surface area contributed by atoms with Crippen molar-refractivity contribution in [3.05, 3.63) is 82.4 Å². The van der Waals surface area contributed by atoms with Crippen LogP contribution >= 0.6 is 0 Å². The number of aromatic amines is 1. The van der Waals surface area contributed by atoms with Crippen molar-refractivity contribution < 1.29 is 18.8 Å². The van der Waals surface area contributed by atoms with Gasteiger partial charge in [-0.25, -0.2) is 14.8 Å². The first-order valence-corrected chi connectivity index (χ1v) is 13.6. The molecule has 2 heterocycles. The Bertz CT molecular complexity index is 1790. The number of rotatable bonds is 10. The molecule has 10 nitrogen and oxygen atoms in total. The summed E-state index contributed by atoms with van der Waals surface area (Å²) in [6.07, 6.45) is 2.58. The molecule has 0 bridgehead atoms. The van der Waals surface area contributed by atoms with Crippen molar-refractivity contribution in [1.82, 2.24) is 19.5 Å². The summed E-state index contributed by atoms with van der Waals surface area (Å²) in [4.78, 5) is 38.2. The van der Waals surface area contributed by atoms with Crippen LogP contribution in [0, 0.1) is 0 Å². The highest BCUT2D eigenvalue weighted by atomic mass is 16.5. The van der Waals surface area contributed by atoms with Gasteiger partial charge >= 0.3 is 5.91 Å². The molecule has 1 amide bonds. The number of nitrogens with one attached hydrogen (secondary N) is 1. The van der Waals surface area contributed by atoms with Crippen LogP contribution in [0.3, 0.4) is 0 Å². The lowest BCUT2D eigenvalue weighted by molar-refractivity contribution is -0.827. The van der Waals surface area contributed by atoms with Gasteiger partial charge in [0, 0.05) is 11.1 Å². The Morgan fingerprint density at radius 2 is 1.88 bits per heavy atom. The number of ether oxygens (including phenoxy) is 2. The van der Waals surface area contributed by atoms with Crippen LogP contribution in [0.1, 0.15) is 24.5 Å². The monoisotopic (exact) mass is 555 g/mol. The van der Waals surface area contributed by atoms with E-state index >= 15 is 0 Å². The van der Waals surface area contributed by atoms with Crippen molar-refractivity contribution in [2.45, 2.75) is 26.4 Å². The average Bonchev–Trinajstić information content (AvgIpc) is 3.36. The summed E-state index contributed by atoms with van der Waals surface area (Å²) in [5.74, 6) is 1.70. The highest BCUT2D eigenvalue weighted by molar-refractivity contribution is 5.93. The molecule has 3 aromatic carbocycles. The van der Waals surface area contributed by atoms with E-state index in [1.165, 1.54) is 0 Å². The van der Waals surface area contributed by atoms with Crippen molar-refractivity contribution in [2.24, 2.45) is 5.73 Å². The van der Waals surface area contributed by atoms with Crippen LogP contribution < -0.4 is 20.8 Å². The fraction of sp³-hybridized carbons (Fsp3) is 0.290. The Morgan fingerprint density at radius 1 is 1.07 bits per heavy atom. The first-order valence-electron chi connectivity index (χ1n) is 13.6.